The maximum absolute atomic E-state index is 11.9. The lowest BCUT2D eigenvalue weighted by atomic mass is 10.1. The van der Waals surface area contributed by atoms with Crippen LogP contribution in [-0.4, -0.2) is 12.4 Å². The molecular formula is C14H13BrO2S. The van der Waals surface area contributed by atoms with Gasteiger partial charge in [0, 0.05) is 4.47 Å². The molecule has 4 heteroatoms. The minimum Gasteiger partial charge on any atom is -0.366 e. The number of hydrogen-bond acceptors (Lipinski definition) is 3. The maximum atomic E-state index is 11.9. The average Bonchev–Trinajstić information content (AvgIpc) is 2.83. The summed E-state index contributed by atoms with van der Waals surface area (Å²) in [5.74, 6) is 0.0136. The van der Waals surface area contributed by atoms with Crippen molar-refractivity contribution < 1.29 is 9.53 Å². The number of Topliss-reactive ketones (excluding diaryl/α,β-unsaturated/α-hetero) is 1. The normalized spacial score (nSPS) is 12.3. The molecule has 0 saturated carbocycles. The van der Waals surface area contributed by atoms with Gasteiger partial charge in [-0.2, -0.15) is 0 Å². The summed E-state index contributed by atoms with van der Waals surface area (Å²) in [7, 11) is 0. The number of benzene rings is 1. The Hall–Kier alpha value is -0.970. The Bertz CT molecular complexity index is 522. The monoisotopic (exact) mass is 324 g/mol. The SMILES string of the molecule is CC(OCC(=O)c1sccc1Br)c1ccccc1. The van der Waals surface area contributed by atoms with Gasteiger partial charge in [-0.15, -0.1) is 11.3 Å². The number of hydrogen-bond donors (Lipinski definition) is 0. The van der Waals surface area contributed by atoms with E-state index in [-0.39, 0.29) is 18.5 Å². The highest BCUT2D eigenvalue weighted by Gasteiger charge is 2.14. The van der Waals surface area contributed by atoms with Crippen molar-refractivity contribution in [1.82, 2.24) is 0 Å². The van der Waals surface area contributed by atoms with Crippen LogP contribution in [-0.2, 0) is 4.74 Å². The number of halogens is 1. The number of ketones is 1. The Morgan fingerprint density at radius 2 is 2.06 bits per heavy atom. The van der Waals surface area contributed by atoms with Gasteiger partial charge in [0.15, 0.2) is 5.78 Å². The van der Waals surface area contributed by atoms with Gasteiger partial charge in [0.1, 0.15) is 6.61 Å². The van der Waals surface area contributed by atoms with Crippen molar-refractivity contribution in [3.05, 3.63) is 56.7 Å². The van der Waals surface area contributed by atoms with Crippen molar-refractivity contribution in [3.63, 3.8) is 0 Å². The van der Waals surface area contributed by atoms with Crippen LogP contribution in [0.3, 0.4) is 0 Å². The van der Waals surface area contributed by atoms with E-state index in [4.69, 9.17) is 4.74 Å². The second kappa shape index (κ2) is 6.27. The minimum absolute atomic E-state index is 0.0136. The standard InChI is InChI=1S/C14H13BrO2S/c1-10(11-5-3-2-4-6-11)17-9-13(16)14-12(15)7-8-18-14/h2-8,10H,9H2,1H3. The molecule has 2 aromatic rings. The number of thiophene rings is 1. The first-order chi connectivity index (χ1) is 8.68. The number of carbonyl (C=O) groups is 1. The third kappa shape index (κ3) is 3.28. The summed E-state index contributed by atoms with van der Waals surface area (Å²) in [5, 5.41) is 1.89. The van der Waals surface area contributed by atoms with E-state index in [1.165, 1.54) is 11.3 Å². The fraction of sp³-hybridized carbons (Fsp3) is 0.214. The molecule has 0 amide bonds. The summed E-state index contributed by atoms with van der Waals surface area (Å²) in [6.45, 7) is 2.06. The van der Waals surface area contributed by atoms with Crippen LogP contribution in [0.25, 0.3) is 0 Å². The van der Waals surface area contributed by atoms with Crippen LogP contribution in [0.4, 0.5) is 0 Å². The summed E-state index contributed by atoms with van der Waals surface area (Å²) in [6.07, 6.45) is -0.0751. The molecule has 1 heterocycles. The van der Waals surface area contributed by atoms with Crippen LogP contribution < -0.4 is 0 Å². The molecule has 0 aliphatic rings. The maximum Gasteiger partial charge on any atom is 0.199 e. The zero-order valence-corrected chi connectivity index (χ0v) is 12.3. The zero-order valence-electron chi connectivity index (χ0n) is 9.93. The molecule has 94 valence electrons. The van der Waals surface area contributed by atoms with Crippen LogP contribution in [0.5, 0.6) is 0 Å². The van der Waals surface area contributed by atoms with Gasteiger partial charge in [0.25, 0.3) is 0 Å². The summed E-state index contributed by atoms with van der Waals surface area (Å²) in [4.78, 5) is 12.6. The Labute approximate surface area is 119 Å². The van der Waals surface area contributed by atoms with Crippen molar-refractivity contribution in [2.75, 3.05) is 6.61 Å². The number of ether oxygens (including phenoxy) is 1. The van der Waals surface area contributed by atoms with E-state index < -0.39 is 0 Å². The molecule has 0 bridgehead atoms. The van der Waals surface area contributed by atoms with Crippen LogP contribution in [0, 0.1) is 0 Å². The van der Waals surface area contributed by atoms with Gasteiger partial charge < -0.3 is 4.74 Å². The van der Waals surface area contributed by atoms with Crippen molar-refractivity contribution >= 4 is 33.0 Å². The summed E-state index contributed by atoms with van der Waals surface area (Å²) >= 11 is 4.78. The molecule has 0 radical (unpaired) electrons. The lowest BCUT2D eigenvalue weighted by molar-refractivity contribution is 0.0523. The van der Waals surface area contributed by atoms with Crippen molar-refractivity contribution in [2.24, 2.45) is 0 Å². The molecule has 0 aliphatic heterocycles. The smallest absolute Gasteiger partial charge is 0.199 e. The molecule has 2 nitrogen and oxygen atoms in total. The highest BCUT2D eigenvalue weighted by atomic mass is 79.9. The third-order valence-electron chi connectivity index (χ3n) is 2.60. The lowest BCUT2D eigenvalue weighted by Gasteiger charge is -2.12. The van der Waals surface area contributed by atoms with E-state index in [9.17, 15) is 4.79 Å². The van der Waals surface area contributed by atoms with Crippen molar-refractivity contribution in [2.45, 2.75) is 13.0 Å². The largest absolute Gasteiger partial charge is 0.366 e. The highest BCUT2D eigenvalue weighted by Crippen LogP contribution is 2.24. The predicted molar refractivity (Wildman–Crippen MR) is 77.2 cm³/mol. The molecular weight excluding hydrogens is 312 g/mol. The number of rotatable bonds is 5. The first kappa shape index (κ1) is 13.5. The topological polar surface area (TPSA) is 26.3 Å². The second-order valence-electron chi connectivity index (χ2n) is 3.88. The van der Waals surface area contributed by atoms with Gasteiger partial charge in [-0.05, 0) is 39.9 Å². The van der Waals surface area contributed by atoms with Crippen molar-refractivity contribution in [3.8, 4) is 0 Å². The fourth-order valence-corrected chi connectivity index (χ4v) is 3.10. The van der Waals surface area contributed by atoms with Gasteiger partial charge >= 0.3 is 0 Å². The Morgan fingerprint density at radius 1 is 1.33 bits per heavy atom. The third-order valence-corrected chi connectivity index (χ3v) is 4.48. The Kier molecular flexibility index (Phi) is 4.69. The molecule has 0 fully saturated rings. The molecule has 1 aromatic heterocycles. The van der Waals surface area contributed by atoms with E-state index >= 15 is 0 Å². The quantitative estimate of drug-likeness (QED) is 0.758. The molecule has 18 heavy (non-hydrogen) atoms. The molecule has 2 rings (SSSR count). The second-order valence-corrected chi connectivity index (χ2v) is 5.66. The molecule has 0 N–H and O–H groups in total. The van der Waals surface area contributed by atoms with Crippen LogP contribution in [0.2, 0.25) is 0 Å². The van der Waals surface area contributed by atoms with Gasteiger partial charge in [0.05, 0.1) is 11.0 Å². The highest BCUT2D eigenvalue weighted by molar-refractivity contribution is 9.10. The molecule has 1 aromatic carbocycles. The van der Waals surface area contributed by atoms with Crippen molar-refractivity contribution in [1.29, 1.82) is 0 Å². The van der Waals surface area contributed by atoms with E-state index in [2.05, 4.69) is 15.9 Å². The molecule has 0 aliphatic carbocycles. The van der Waals surface area contributed by atoms with Crippen LogP contribution in [0.15, 0.2) is 46.3 Å². The molecule has 1 unspecified atom stereocenters. The van der Waals surface area contributed by atoms with Gasteiger partial charge in [-0.25, -0.2) is 0 Å². The first-order valence-corrected chi connectivity index (χ1v) is 7.28. The number of carbonyl (C=O) groups excluding carboxylic acids is 1. The van der Waals surface area contributed by atoms with E-state index in [0.29, 0.717) is 0 Å². The summed E-state index contributed by atoms with van der Waals surface area (Å²) in [6, 6.07) is 11.8. The van der Waals surface area contributed by atoms with Crippen LogP contribution >= 0.6 is 27.3 Å². The Morgan fingerprint density at radius 3 is 2.67 bits per heavy atom. The van der Waals surface area contributed by atoms with E-state index in [0.717, 1.165) is 14.9 Å². The lowest BCUT2D eigenvalue weighted by Crippen LogP contribution is -2.10. The molecule has 0 saturated heterocycles. The minimum atomic E-state index is -0.0751. The van der Waals surface area contributed by atoms with E-state index in [1.54, 1.807) is 0 Å². The summed E-state index contributed by atoms with van der Waals surface area (Å²) in [5.41, 5.74) is 1.08. The van der Waals surface area contributed by atoms with Gasteiger partial charge in [-0.1, -0.05) is 30.3 Å². The molecule has 0 spiro atoms. The van der Waals surface area contributed by atoms with E-state index in [1.807, 2.05) is 48.7 Å². The first-order valence-electron chi connectivity index (χ1n) is 5.61. The fourth-order valence-electron chi connectivity index (χ4n) is 1.58. The zero-order chi connectivity index (χ0) is 13.0. The molecule has 1 atom stereocenters. The summed E-state index contributed by atoms with van der Waals surface area (Å²) < 4.78 is 6.45. The predicted octanol–water partition coefficient (Wildman–Crippen LogP) is 4.47. The average molecular weight is 325 g/mol. The van der Waals surface area contributed by atoms with Crippen LogP contribution in [0.1, 0.15) is 28.3 Å². The van der Waals surface area contributed by atoms with Gasteiger partial charge in [-0.3, -0.25) is 4.79 Å². The Balaban J connectivity index is 1.93. The van der Waals surface area contributed by atoms with Gasteiger partial charge in [0.2, 0.25) is 0 Å².